The third-order valence-corrected chi connectivity index (χ3v) is 6.22. The molecule has 4 rings (SSSR count). The summed E-state index contributed by atoms with van der Waals surface area (Å²) in [6, 6.07) is 19.9. The molecular formula is C27H29N3O2. The van der Waals surface area contributed by atoms with Gasteiger partial charge < -0.3 is 10.2 Å². The van der Waals surface area contributed by atoms with Gasteiger partial charge in [-0.2, -0.15) is 0 Å². The molecule has 0 saturated carbocycles. The summed E-state index contributed by atoms with van der Waals surface area (Å²) in [6.45, 7) is 5.60. The van der Waals surface area contributed by atoms with Gasteiger partial charge in [0.25, 0.3) is 11.8 Å². The molecule has 1 N–H and O–H groups in total. The van der Waals surface area contributed by atoms with E-state index in [1.807, 2.05) is 23.1 Å². The molecule has 1 atom stereocenters. The fourth-order valence-electron chi connectivity index (χ4n) is 4.52. The predicted molar refractivity (Wildman–Crippen MR) is 127 cm³/mol. The Kier molecular flexibility index (Phi) is 6.35. The lowest BCUT2D eigenvalue weighted by atomic mass is 9.87. The van der Waals surface area contributed by atoms with Crippen molar-refractivity contribution in [1.29, 1.82) is 0 Å². The number of carbonyl (C=O) groups excluding carboxylic acids is 2. The normalized spacial score (nSPS) is 15.8. The molecule has 1 fully saturated rings. The Morgan fingerprint density at radius 2 is 1.84 bits per heavy atom. The molecule has 164 valence electrons. The number of benzene rings is 2. The topological polar surface area (TPSA) is 62.3 Å². The van der Waals surface area contributed by atoms with Gasteiger partial charge in [-0.3, -0.25) is 14.6 Å². The first kappa shape index (κ1) is 21.8. The SMILES string of the molecule is CNC(=O)c1cc(-c2ccccc2C(C)C)ccc1C1CCN(C(=O)c2ccccn2)C1. The summed E-state index contributed by atoms with van der Waals surface area (Å²) in [4.78, 5) is 31.7. The summed E-state index contributed by atoms with van der Waals surface area (Å²) in [5.41, 5.74) is 5.58. The Morgan fingerprint density at radius 1 is 1.06 bits per heavy atom. The maximum absolute atomic E-state index is 12.8. The average Bonchev–Trinajstić information content (AvgIpc) is 3.33. The number of likely N-dealkylation sites (tertiary alicyclic amines) is 1. The highest BCUT2D eigenvalue weighted by molar-refractivity contribution is 5.97. The number of hydrogen-bond acceptors (Lipinski definition) is 3. The van der Waals surface area contributed by atoms with Crippen LogP contribution in [-0.4, -0.2) is 41.8 Å². The number of carbonyl (C=O) groups is 2. The first-order valence-electron chi connectivity index (χ1n) is 11.1. The summed E-state index contributed by atoms with van der Waals surface area (Å²) in [5, 5.41) is 2.79. The van der Waals surface area contributed by atoms with E-state index in [0.29, 0.717) is 30.3 Å². The molecule has 3 aromatic rings. The average molecular weight is 428 g/mol. The van der Waals surface area contributed by atoms with Gasteiger partial charge in [-0.15, -0.1) is 0 Å². The van der Waals surface area contributed by atoms with Crippen molar-refractivity contribution in [2.24, 2.45) is 0 Å². The van der Waals surface area contributed by atoms with Crippen molar-refractivity contribution in [2.45, 2.75) is 32.1 Å². The van der Waals surface area contributed by atoms with Crippen molar-refractivity contribution in [2.75, 3.05) is 20.1 Å². The van der Waals surface area contributed by atoms with E-state index in [-0.39, 0.29) is 17.7 Å². The van der Waals surface area contributed by atoms with Gasteiger partial charge in [0.15, 0.2) is 0 Å². The molecule has 1 aromatic heterocycles. The van der Waals surface area contributed by atoms with E-state index in [1.165, 1.54) is 5.56 Å². The third kappa shape index (κ3) is 4.28. The smallest absolute Gasteiger partial charge is 0.272 e. The van der Waals surface area contributed by atoms with Gasteiger partial charge in [-0.05, 0) is 52.8 Å². The van der Waals surface area contributed by atoms with Crippen LogP contribution in [0.3, 0.4) is 0 Å². The van der Waals surface area contributed by atoms with Gasteiger partial charge in [-0.25, -0.2) is 0 Å². The van der Waals surface area contributed by atoms with E-state index in [9.17, 15) is 9.59 Å². The molecule has 1 saturated heterocycles. The highest BCUT2D eigenvalue weighted by Gasteiger charge is 2.31. The van der Waals surface area contributed by atoms with E-state index >= 15 is 0 Å². The molecule has 0 bridgehead atoms. The lowest BCUT2D eigenvalue weighted by Gasteiger charge is -2.19. The number of aromatic nitrogens is 1. The molecule has 32 heavy (non-hydrogen) atoms. The third-order valence-electron chi connectivity index (χ3n) is 6.22. The van der Waals surface area contributed by atoms with E-state index in [2.05, 4.69) is 54.5 Å². The number of hydrogen-bond donors (Lipinski definition) is 1. The standard InChI is InChI=1S/C27H29N3O2/c1-18(2)21-8-4-5-9-22(21)19-11-12-23(24(16-19)26(31)28-3)20-13-15-30(17-20)27(32)25-10-6-7-14-29-25/h4-12,14,16,18,20H,13,15,17H2,1-3H3,(H,28,31). The van der Waals surface area contributed by atoms with Crippen molar-refractivity contribution < 1.29 is 9.59 Å². The second-order valence-electron chi connectivity index (χ2n) is 8.57. The fraction of sp³-hybridized carbons (Fsp3) is 0.296. The number of rotatable bonds is 5. The van der Waals surface area contributed by atoms with E-state index in [1.54, 1.807) is 25.4 Å². The molecule has 2 aromatic carbocycles. The Bertz CT molecular complexity index is 1120. The minimum absolute atomic E-state index is 0.0583. The first-order valence-corrected chi connectivity index (χ1v) is 11.1. The van der Waals surface area contributed by atoms with Crippen molar-refractivity contribution in [1.82, 2.24) is 15.2 Å². The molecule has 1 unspecified atom stereocenters. The molecule has 5 heteroatoms. The summed E-state index contributed by atoms with van der Waals surface area (Å²) in [5.74, 6) is 0.343. The van der Waals surface area contributed by atoms with Gasteiger partial charge in [0.2, 0.25) is 0 Å². The largest absolute Gasteiger partial charge is 0.355 e. The molecule has 5 nitrogen and oxygen atoms in total. The highest BCUT2D eigenvalue weighted by atomic mass is 16.2. The maximum Gasteiger partial charge on any atom is 0.272 e. The number of pyridine rings is 1. The number of nitrogens with one attached hydrogen (secondary N) is 1. The molecule has 1 aliphatic heterocycles. The second kappa shape index (κ2) is 9.35. The van der Waals surface area contributed by atoms with Crippen LogP contribution in [0.4, 0.5) is 0 Å². The summed E-state index contributed by atoms with van der Waals surface area (Å²) in [7, 11) is 1.66. The van der Waals surface area contributed by atoms with Crippen molar-refractivity contribution in [3.8, 4) is 11.1 Å². The fourth-order valence-corrected chi connectivity index (χ4v) is 4.52. The summed E-state index contributed by atoms with van der Waals surface area (Å²) < 4.78 is 0. The van der Waals surface area contributed by atoms with Crippen LogP contribution in [0.15, 0.2) is 66.9 Å². The molecule has 0 spiro atoms. The summed E-state index contributed by atoms with van der Waals surface area (Å²) >= 11 is 0. The van der Waals surface area contributed by atoms with Gasteiger partial charge in [0.05, 0.1) is 0 Å². The Balaban J connectivity index is 1.65. The van der Waals surface area contributed by atoms with Gasteiger partial charge in [0.1, 0.15) is 5.69 Å². The van der Waals surface area contributed by atoms with Crippen molar-refractivity contribution in [3.63, 3.8) is 0 Å². The van der Waals surface area contributed by atoms with E-state index in [4.69, 9.17) is 0 Å². The lowest BCUT2D eigenvalue weighted by Crippen LogP contribution is -2.29. The molecule has 2 heterocycles. The number of nitrogens with zero attached hydrogens (tertiary/aromatic N) is 2. The Labute approximate surface area is 189 Å². The zero-order chi connectivity index (χ0) is 22.7. The van der Waals surface area contributed by atoms with Crippen LogP contribution in [0.5, 0.6) is 0 Å². The highest BCUT2D eigenvalue weighted by Crippen LogP contribution is 2.35. The van der Waals surface area contributed by atoms with Crippen LogP contribution in [0.2, 0.25) is 0 Å². The summed E-state index contributed by atoms with van der Waals surface area (Å²) in [6.07, 6.45) is 2.46. The van der Waals surface area contributed by atoms with Crippen LogP contribution in [0, 0.1) is 0 Å². The van der Waals surface area contributed by atoms with Gasteiger partial charge in [-0.1, -0.05) is 56.3 Å². The minimum Gasteiger partial charge on any atom is -0.355 e. The quantitative estimate of drug-likeness (QED) is 0.632. The maximum atomic E-state index is 12.8. The Hall–Kier alpha value is -3.47. The monoisotopic (exact) mass is 427 g/mol. The predicted octanol–water partition coefficient (Wildman–Crippen LogP) is 4.86. The minimum atomic E-state index is -0.0987. The Morgan fingerprint density at radius 3 is 2.56 bits per heavy atom. The molecule has 0 aliphatic carbocycles. The van der Waals surface area contributed by atoms with Crippen molar-refractivity contribution >= 4 is 11.8 Å². The molecule has 1 aliphatic rings. The van der Waals surface area contributed by atoms with E-state index < -0.39 is 0 Å². The molecule has 2 amide bonds. The van der Waals surface area contributed by atoms with Crippen LogP contribution in [0.25, 0.3) is 11.1 Å². The molecular weight excluding hydrogens is 398 g/mol. The van der Waals surface area contributed by atoms with Crippen LogP contribution in [0.1, 0.15) is 64.1 Å². The van der Waals surface area contributed by atoms with Gasteiger partial charge in [0, 0.05) is 37.8 Å². The lowest BCUT2D eigenvalue weighted by molar-refractivity contribution is 0.0785. The van der Waals surface area contributed by atoms with Crippen molar-refractivity contribution in [3.05, 3.63) is 89.2 Å². The van der Waals surface area contributed by atoms with E-state index in [0.717, 1.165) is 23.1 Å². The van der Waals surface area contributed by atoms with Crippen LogP contribution >= 0.6 is 0 Å². The van der Waals surface area contributed by atoms with Gasteiger partial charge >= 0.3 is 0 Å². The zero-order valence-electron chi connectivity index (χ0n) is 18.8. The van der Waals surface area contributed by atoms with Crippen LogP contribution in [-0.2, 0) is 0 Å². The number of amides is 2. The molecule has 0 radical (unpaired) electrons. The second-order valence-corrected chi connectivity index (χ2v) is 8.57. The first-order chi connectivity index (χ1) is 15.5. The van der Waals surface area contributed by atoms with Crippen LogP contribution < -0.4 is 5.32 Å². The zero-order valence-corrected chi connectivity index (χ0v) is 18.8.